The van der Waals surface area contributed by atoms with E-state index >= 15 is 0 Å². The fraction of sp³-hybridized carbons (Fsp3) is 0.350. The molecule has 6 nitrogen and oxygen atoms in total. The Bertz CT molecular complexity index is 837. The predicted molar refractivity (Wildman–Crippen MR) is 107 cm³/mol. The molecule has 2 aromatic rings. The lowest BCUT2D eigenvalue weighted by molar-refractivity contribution is -0.122. The lowest BCUT2D eigenvalue weighted by atomic mass is 10.1. The maximum Gasteiger partial charge on any atom is 0.238 e. The average Bonchev–Trinajstić information content (AvgIpc) is 2.65. The molecule has 0 aliphatic heterocycles. The Morgan fingerprint density at radius 2 is 1.74 bits per heavy atom. The van der Waals surface area contributed by atoms with Gasteiger partial charge in [-0.3, -0.25) is 9.69 Å². The Balaban J connectivity index is 1.77. The second kappa shape index (κ2) is 9.64. The van der Waals surface area contributed by atoms with E-state index < -0.39 is 10.0 Å². The van der Waals surface area contributed by atoms with E-state index in [-0.39, 0.29) is 23.4 Å². The van der Waals surface area contributed by atoms with Crippen LogP contribution in [-0.4, -0.2) is 39.4 Å². The molecule has 0 saturated heterocycles. The topological polar surface area (TPSA) is 92.5 Å². The van der Waals surface area contributed by atoms with E-state index in [0.29, 0.717) is 6.54 Å². The zero-order chi connectivity index (χ0) is 19.9. The number of carbonyl (C=O) groups is 1. The summed E-state index contributed by atoms with van der Waals surface area (Å²) in [4.78, 5) is 14.1. The number of hydrogen-bond acceptors (Lipinski definition) is 4. The lowest BCUT2D eigenvalue weighted by Gasteiger charge is -2.24. The SMILES string of the molecule is CC(c1ccc(S(N)(=O)=O)cc1)N(C)CC(=O)NCCCc1ccccc1. The number of nitrogens with two attached hydrogens (primary N) is 1. The van der Waals surface area contributed by atoms with E-state index in [1.807, 2.05) is 37.1 Å². The zero-order valence-electron chi connectivity index (χ0n) is 15.8. The number of amides is 1. The molecule has 7 heteroatoms. The average molecular weight is 390 g/mol. The van der Waals surface area contributed by atoms with Gasteiger partial charge in [-0.25, -0.2) is 13.6 Å². The molecule has 0 saturated carbocycles. The maximum atomic E-state index is 12.1. The number of carbonyl (C=O) groups excluding carboxylic acids is 1. The minimum absolute atomic E-state index is 0.0291. The van der Waals surface area contributed by atoms with E-state index in [1.165, 1.54) is 17.7 Å². The molecule has 0 bridgehead atoms. The van der Waals surface area contributed by atoms with Gasteiger partial charge in [0.25, 0.3) is 0 Å². The minimum atomic E-state index is -3.70. The van der Waals surface area contributed by atoms with Crippen molar-refractivity contribution in [2.75, 3.05) is 20.1 Å². The number of primary sulfonamides is 1. The van der Waals surface area contributed by atoms with E-state index in [0.717, 1.165) is 18.4 Å². The Kier molecular flexibility index (Phi) is 7.53. The van der Waals surface area contributed by atoms with Crippen molar-refractivity contribution in [1.82, 2.24) is 10.2 Å². The zero-order valence-corrected chi connectivity index (χ0v) is 16.6. The quantitative estimate of drug-likeness (QED) is 0.642. The van der Waals surface area contributed by atoms with Crippen LogP contribution in [0, 0.1) is 0 Å². The molecule has 0 fully saturated rings. The van der Waals surface area contributed by atoms with Crippen molar-refractivity contribution < 1.29 is 13.2 Å². The van der Waals surface area contributed by atoms with Crippen molar-refractivity contribution in [2.45, 2.75) is 30.7 Å². The van der Waals surface area contributed by atoms with Gasteiger partial charge in [-0.1, -0.05) is 42.5 Å². The maximum absolute atomic E-state index is 12.1. The smallest absolute Gasteiger partial charge is 0.238 e. The highest BCUT2D eigenvalue weighted by Crippen LogP contribution is 2.20. The van der Waals surface area contributed by atoms with Crippen molar-refractivity contribution in [2.24, 2.45) is 5.14 Å². The number of sulfonamides is 1. The van der Waals surface area contributed by atoms with E-state index in [4.69, 9.17) is 5.14 Å². The molecule has 0 aliphatic rings. The molecule has 2 aromatic carbocycles. The van der Waals surface area contributed by atoms with Crippen LogP contribution in [0.1, 0.15) is 30.5 Å². The van der Waals surface area contributed by atoms with Gasteiger partial charge in [0.2, 0.25) is 15.9 Å². The number of hydrogen-bond donors (Lipinski definition) is 2. The number of aryl methyl sites for hydroxylation is 1. The molecule has 3 N–H and O–H groups in total. The third-order valence-electron chi connectivity index (χ3n) is 4.55. The first-order valence-corrected chi connectivity index (χ1v) is 10.5. The second-order valence-electron chi connectivity index (χ2n) is 6.64. The predicted octanol–water partition coefficient (Wildman–Crippen LogP) is 2.08. The van der Waals surface area contributed by atoms with Crippen LogP contribution >= 0.6 is 0 Å². The lowest BCUT2D eigenvalue weighted by Crippen LogP contribution is -2.36. The summed E-state index contributed by atoms with van der Waals surface area (Å²) >= 11 is 0. The largest absolute Gasteiger partial charge is 0.355 e. The summed E-state index contributed by atoms with van der Waals surface area (Å²) in [5.41, 5.74) is 2.18. The van der Waals surface area contributed by atoms with Crippen LogP contribution in [-0.2, 0) is 21.2 Å². The summed E-state index contributed by atoms with van der Waals surface area (Å²) in [6, 6.07) is 16.6. The third kappa shape index (κ3) is 6.78. The molecular weight excluding hydrogens is 362 g/mol. The Hall–Kier alpha value is -2.22. The first-order valence-electron chi connectivity index (χ1n) is 8.91. The number of benzene rings is 2. The van der Waals surface area contributed by atoms with Gasteiger partial charge in [0.1, 0.15) is 0 Å². The van der Waals surface area contributed by atoms with Gasteiger partial charge in [0, 0.05) is 12.6 Å². The van der Waals surface area contributed by atoms with E-state index in [9.17, 15) is 13.2 Å². The van der Waals surface area contributed by atoms with Crippen LogP contribution in [0.25, 0.3) is 0 Å². The monoisotopic (exact) mass is 389 g/mol. The molecule has 1 amide bonds. The molecular formula is C20H27N3O3S. The van der Waals surface area contributed by atoms with Crippen LogP contribution in [0.2, 0.25) is 0 Å². The van der Waals surface area contributed by atoms with Crippen LogP contribution in [0.4, 0.5) is 0 Å². The minimum Gasteiger partial charge on any atom is -0.355 e. The molecule has 27 heavy (non-hydrogen) atoms. The molecule has 1 atom stereocenters. The molecule has 0 spiro atoms. The van der Waals surface area contributed by atoms with Crippen molar-refractivity contribution in [3.8, 4) is 0 Å². The molecule has 0 radical (unpaired) electrons. The molecule has 0 aliphatic carbocycles. The summed E-state index contributed by atoms with van der Waals surface area (Å²) in [5, 5.41) is 8.06. The highest BCUT2D eigenvalue weighted by Gasteiger charge is 2.16. The molecule has 0 heterocycles. The molecule has 2 rings (SSSR count). The van der Waals surface area contributed by atoms with Crippen LogP contribution in [0.3, 0.4) is 0 Å². The van der Waals surface area contributed by atoms with Crippen molar-refractivity contribution in [3.05, 3.63) is 65.7 Å². The van der Waals surface area contributed by atoms with E-state index in [1.54, 1.807) is 12.1 Å². The number of likely N-dealkylation sites (N-methyl/N-ethyl adjacent to an activating group) is 1. The highest BCUT2D eigenvalue weighted by atomic mass is 32.2. The van der Waals surface area contributed by atoms with Gasteiger partial charge in [-0.15, -0.1) is 0 Å². The molecule has 0 aromatic heterocycles. The standard InChI is InChI=1S/C20H27N3O3S/c1-16(18-10-12-19(13-11-18)27(21,25)26)23(2)15-20(24)22-14-6-9-17-7-4-3-5-8-17/h3-5,7-8,10-13,16H,6,9,14-15H2,1-2H3,(H,22,24)(H2,21,25,26). The highest BCUT2D eigenvalue weighted by molar-refractivity contribution is 7.89. The first kappa shape index (κ1) is 21.1. The first-order chi connectivity index (χ1) is 12.8. The Labute approximate surface area is 161 Å². The van der Waals surface area contributed by atoms with Gasteiger partial charge < -0.3 is 5.32 Å². The summed E-state index contributed by atoms with van der Waals surface area (Å²) in [6.07, 6.45) is 1.83. The Morgan fingerprint density at radius 1 is 1.11 bits per heavy atom. The fourth-order valence-electron chi connectivity index (χ4n) is 2.77. The third-order valence-corrected chi connectivity index (χ3v) is 5.48. The van der Waals surface area contributed by atoms with Crippen LogP contribution < -0.4 is 10.5 Å². The van der Waals surface area contributed by atoms with Gasteiger partial charge in [-0.2, -0.15) is 0 Å². The number of rotatable bonds is 9. The van der Waals surface area contributed by atoms with Gasteiger partial charge in [-0.05, 0) is 50.1 Å². The Morgan fingerprint density at radius 3 is 2.33 bits per heavy atom. The summed E-state index contributed by atoms with van der Waals surface area (Å²) in [5.74, 6) is -0.0291. The van der Waals surface area contributed by atoms with E-state index in [2.05, 4.69) is 17.4 Å². The second-order valence-corrected chi connectivity index (χ2v) is 8.21. The summed E-state index contributed by atoms with van der Waals surface area (Å²) in [7, 11) is -1.83. The summed E-state index contributed by atoms with van der Waals surface area (Å²) < 4.78 is 22.6. The van der Waals surface area contributed by atoms with Crippen molar-refractivity contribution >= 4 is 15.9 Å². The number of nitrogens with zero attached hydrogens (tertiary/aromatic N) is 1. The normalized spacial score (nSPS) is 12.7. The van der Waals surface area contributed by atoms with Crippen molar-refractivity contribution in [1.29, 1.82) is 0 Å². The van der Waals surface area contributed by atoms with Gasteiger partial charge in [0.05, 0.1) is 11.4 Å². The van der Waals surface area contributed by atoms with Gasteiger partial charge >= 0.3 is 0 Å². The molecule has 1 unspecified atom stereocenters. The molecule has 146 valence electrons. The van der Waals surface area contributed by atoms with Gasteiger partial charge in [0.15, 0.2) is 0 Å². The van der Waals surface area contributed by atoms with Crippen LogP contribution in [0.15, 0.2) is 59.5 Å². The fourth-order valence-corrected chi connectivity index (χ4v) is 3.29. The summed E-state index contributed by atoms with van der Waals surface area (Å²) in [6.45, 7) is 2.87. The van der Waals surface area contributed by atoms with Crippen LogP contribution in [0.5, 0.6) is 0 Å². The van der Waals surface area contributed by atoms with Crippen molar-refractivity contribution in [3.63, 3.8) is 0 Å². The number of nitrogens with one attached hydrogen (secondary N) is 1.